The van der Waals surface area contributed by atoms with Gasteiger partial charge in [-0.3, -0.25) is 0 Å². The standard InChI is InChI=1S/C16H26N2O/c1-2-7-15(19)14-10-6-11-16(18-14)17-12-13-8-4-3-5-9-13/h6,10-11,13,15,19H,2-5,7-9,12H2,1H3,(H,17,18). The summed E-state index contributed by atoms with van der Waals surface area (Å²) in [5.41, 5.74) is 0.787. The number of nitrogens with one attached hydrogen (secondary N) is 1. The van der Waals surface area contributed by atoms with Crippen molar-refractivity contribution in [2.45, 2.75) is 58.0 Å². The van der Waals surface area contributed by atoms with E-state index in [2.05, 4.69) is 17.2 Å². The maximum atomic E-state index is 9.97. The van der Waals surface area contributed by atoms with Crippen LogP contribution in [-0.4, -0.2) is 16.6 Å². The summed E-state index contributed by atoms with van der Waals surface area (Å²) in [5.74, 6) is 1.69. The van der Waals surface area contributed by atoms with Gasteiger partial charge < -0.3 is 10.4 Å². The Hall–Kier alpha value is -1.09. The molecule has 1 aliphatic carbocycles. The second kappa shape index (κ2) is 7.49. The van der Waals surface area contributed by atoms with E-state index in [1.807, 2.05) is 18.2 Å². The van der Waals surface area contributed by atoms with Gasteiger partial charge in [-0.15, -0.1) is 0 Å². The van der Waals surface area contributed by atoms with Gasteiger partial charge in [0.2, 0.25) is 0 Å². The quantitative estimate of drug-likeness (QED) is 0.817. The Labute approximate surface area is 116 Å². The van der Waals surface area contributed by atoms with Crippen LogP contribution in [0.25, 0.3) is 0 Å². The highest BCUT2D eigenvalue weighted by atomic mass is 16.3. The summed E-state index contributed by atoms with van der Waals surface area (Å²) < 4.78 is 0. The van der Waals surface area contributed by atoms with Gasteiger partial charge >= 0.3 is 0 Å². The number of nitrogens with zero attached hydrogens (tertiary/aromatic N) is 1. The Morgan fingerprint density at radius 2 is 2.11 bits per heavy atom. The first-order valence-electron chi connectivity index (χ1n) is 7.68. The fraction of sp³-hybridized carbons (Fsp3) is 0.688. The zero-order valence-electron chi connectivity index (χ0n) is 11.9. The Morgan fingerprint density at radius 1 is 1.32 bits per heavy atom. The maximum Gasteiger partial charge on any atom is 0.126 e. The smallest absolute Gasteiger partial charge is 0.126 e. The number of rotatable bonds is 6. The van der Waals surface area contributed by atoms with Crippen LogP contribution in [0.3, 0.4) is 0 Å². The normalized spacial score (nSPS) is 18.2. The lowest BCUT2D eigenvalue weighted by molar-refractivity contribution is 0.162. The second-order valence-electron chi connectivity index (χ2n) is 5.64. The molecule has 1 aromatic heterocycles. The number of aliphatic hydroxyl groups excluding tert-OH is 1. The van der Waals surface area contributed by atoms with E-state index in [4.69, 9.17) is 0 Å². The Morgan fingerprint density at radius 3 is 2.84 bits per heavy atom. The molecule has 1 fully saturated rings. The van der Waals surface area contributed by atoms with Crippen molar-refractivity contribution < 1.29 is 5.11 Å². The predicted molar refractivity (Wildman–Crippen MR) is 79.2 cm³/mol. The molecular formula is C16H26N2O. The van der Waals surface area contributed by atoms with Gasteiger partial charge in [0.25, 0.3) is 0 Å². The van der Waals surface area contributed by atoms with E-state index >= 15 is 0 Å². The molecule has 19 heavy (non-hydrogen) atoms. The maximum absolute atomic E-state index is 9.97. The molecule has 1 aliphatic rings. The van der Waals surface area contributed by atoms with Crippen molar-refractivity contribution in [3.63, 3.8) is 0 Å². The van der Waals surface area contributed by atoms with Gasteiger partial charge in [0.05, 0.1) is 11.8 Å². The number of hydrogen-bond donors (Lipinski definition) is 2. The first kappa shape index (κ1) is 14.3. The molecule has 0 spiro atoms. The average molecular weight is 262 g/mol. The van der Waals surface area contributed by atoms with Gasteiger partial charge in [-0.05, 0) is 37.3 Å². The van der Waals surface area contributed by atoms with E-state index in [1.165, 1.54) is 32.1 Å². The molecule has 3 nitrogen and oxygen atoms in total. The summed E-state index contributed by atoms with van der Waals surface area (Å²) >= 11 is 0. The SMILES string of the molecule is CCCC(O)c1cccc(NCC2CCCCC2)n1. The lowest BCUT2D eigenvalue weighted by Gasteiger charge is -2.22. The third-order valence-electron chi connectivity index (χ3n) is 3.97. The Bertz CT molecular complexity index is 375. The van der Waals surface area contributed by atoms with Crippen LogP contribution in [0.15, 0.2) is 18.2 Å². The number of aliphatic hydroxyl groups is 1. The summed E-state index contributed by atoms with van der Waals surface area (Å²) in [7, 11) is 0. The summed E-state index contributed by atoms with van der Waals surface area (Å²) in [6.07, 6.45) is 8.14. The molecule has 106 valence electrons. The summed E-state index contributed by atoms with van der Waals surface area (Å²) in [5, 5.41) is 13.4. The van der Waals surface area contributed by atoms with Crippen molar-refractivity contribution in [3.8, 4) is 0 Å². The number of pyridine rings is 1. The van der Waals surface area contributed by atoms with Gasteiger partial charge in [-0.25, -0.2) is 4.98 Å². The molecule has 0 aliphatic heterocycles. The van der Waals surface area contributed by atoms with Crippen LogP contribution in [0.1, 0.15) is 63.7 Å². The monoisotopic (exact) mass is 262 g/mol. The highest BCUT2D eigenvalue weighted by Crippen LogP contribution is 2.24. The van der Waals surface area contributed by atoms with Crippen LogP contribution in [0.5, 0.6) is 0 Å². The Balaban J connectivity index is 1.87. The molecule has 0 aromatic carbocycles. The fourth-order valence-electron chi connectivity index (χ4n) is 2.80. The molecular weight excluding hydrogens is 236 g/mol. The molecule has 1 saturated carbocycles. The molecule has 3 heteroatoms. The van der Waals surface area contributed by atoms with Gasteiger partial charge in [0.15, 0.2) is 0 Å². The zero-order valence-corrected chi connectivity index (χ0v) is 11.9. The molecule has 0 bridgehead atoms. The van der Waals surface area contributed by atoms with Crippen LogP contribution in [-0.2, 0) is 0 Å². The first-order valence-corrected chi connectivity index (χ1v) is 7.68. The minimum atomic E-state index is -0.429. The van der Waals surface area contributed by atoms with Gasteiger partial charge in [-0.1, -0.05) is 38.7 Å². The third-order valence-corrected chi connectivity index (χ3v) is 3.97. The number of hydrogen-bond acceptors (Lipinski definition) is 3. The van der Waals surface area contributed by atoms with Crippen molar-refractivity contribution in [1.82, 2.24) is 4.98 Å². The Kier molecular flexibility index (Phi) is 5.64. The van der Waals surface area contributed by atoms with Crippen LogP contribution in [0, 0.1) is 5.92 Å². The van der Waals surface area contributed by atoms with Crippen molar-refractivity contribution in [2.24, 2.45) is 5.92 Å². The minimum Gasteiger partial charge on any atom is -0.387 e. The largest absolute Gasteiger partial charge is 0.387 e. The fourth-order valence-corrected chi connectivity index (χ4v) is 2.80. The highest BCUT2D eigenvalue weighted by molar-refractivity contribution is 5.35. The molecule has 1 heterocycles. The third kappa shape index (κ3) is 4.50. The van der Waals surface area contributed by atoms with E-state index < -0.39 is 6.10 Å². The molecule has 0 saturated heterocycles. The molecule has 0 amide bonds. The van der Waals surface area contributed by atoms with Crippen molar-refractivity contribution in [1.29, 1.82) is 0 Å². The van der Waals surface area contributed by atoms with Crippen molar-refractivity contribution in [2.75, 3.05) is 11.9 Å². The van der Waals surface area contributed by atoms with Gasteiger partial charge in [-0.2, -0.15) is 0 Å². The van der Waals surface area contributed by atoms with Crippen molar-refractivity contribution >= 4 is 5.82 Å². The van der Waals surface area contributed by atoms with E-state index in [1.54, 1.807) is 0 Å². The molecule has 0 radical (unpaired) electrons. The zero-order chi connectivity index (χ0) is 13.5. The number of aromatic nitrogens is 1. The molecule has 1 unspecified atom stereocenters. The highest BCUT2D eigenvalue weighted by Gasteiger charge is 2.13. The van der Waals surface area contributed by atoms with Crippen LogP contribution in [0.2, 0.25) is 0 Å². The minimum absolute atomic E-state index is 0.429. The second-order valence-corrected chi connectivity index (χ2v) is 5.64. The lowest BCUT2D eigenvalue weighted by atomic mass is 9.89. The predicted octanol–water partition coefficient (Wildman–Crippen LogP) is 3.91. The van der Waals surface area contributed by atoms with Crippen LogP contribution in [0.4, 0.5) is 5.82 Å². The van der Waals surface area contributed by atoms with Crippen molar-refractivity contribution in [3.05, 3.63) is 23.9 Å². The molecule has 1 atom stereocenters. The van der Waals surface area contributed by atoms with Crippen LogP contribution < -0.4 is 5.32 Å². The van der Waals surface area contributed by atoms with Crippen LogP contribution >= 0.6 is 0 Å². The summed E-state index contributed by atoms with van der Waals surface area (Å²) in [6, 6.07) is 5.88. The summed E-state index contributed by atoms with van der Waals surface area (Å²) in [4.78, 5) is 4.51. The van der Waals surface area contributed by atoms with E-state index in [0.29, 0.717) is 0 Å². The molecule has 1 aromatic rings. The van der Waals surface area contributed by atoms with E-state index in [9.17, 15) is 5.11 Å². The van der Waals surface area contributed by atoms with E-state index in [-0.39, 0.29) is 0 Å². The summed E-state index contributed by atoms with van der Waals surface area (Å²) in [6.45, 7) is 3.09. The molecule has 2 N–H and O–H groups in total. The van der Waals surface area contributed by atoms with Gasteiger partial charge in [0.1, 0.15) is 5.82 Å². The molecule has 2 rings (SSSR count). The van der Waals surface area contributed by atoms with E-state index in [0.717, 1.165) is 36.8 Å². The first-order chi connectivity index (χ1) is 9.29. The number of anilines is 1. The average Bonchev–Trinajstić information content (AvgIpc) is 2.47. The topological polar surface area (TPSA) is 45.1 Å². The lowest BCUT2D eigenvalue weighted by Crippen LogP contribution is -2.18. The van der Waals surface area contributed by atoms with Gasteiger partial charge in [0, 0.05) is 6.54 Å².